The third-order valence-electron chi connectivity index (χ3n) is 8.25. The molecule has 0 bridgehead atoms. The van der Waals surface area contributed by atoms with Crippen LogP contribution in [0.4, 0.5) is 5.69 Å². The van der Waals surface area contributed by atoms with Crippen LogP contribution in [0.3, 0.4) is 0 Å². The quantitative estimate of drug-likeness (QED) is 0.237. The molecule has 0 saturated carbocycles. The number of hydrogen-bond acceptors (Lipinski definition) is 5. The van der Waals surface area contributed by atoms with Crippen LogP contribution in [-0.4, -0.2) is 61.5 Å². The summed E-state index contributed by atoms with van der Waals surface area (Å²) in [6.07, 6.45) is 1.90. The van der Waals surface area contributed by atoms with Crippen molar-refractivity contribution < 1.29 is 19.1 Å². The number of hydrogen-bond donors (Lipinski definition) is 0. The second-order valence-electron chi connectivity index (χ2n) is 11.5. The molecule has 0 N–H and O–H groups in total. The van der Waals surface area contributed by atoms with Gasteiger partial charge in [-0.15, -0.1) is 0 Å². The van der Waals surface area contributed by atoms with Crippen molar-refractivity contribution in [3.05, 3.63) is 125 Å². The fourth-order valence-corrected chi connectivity index (χ4v) is 6.00. The van der Waals surface area contributed by atoms with Gasteiger partial charge in [-0.05, 0) is 54.7 Å². The molecular formula is C38H43N3O4. The molecule has 0 aliphatic carbocycles. The van der Waals surface area contributed by atoms with Gasteiger partial charge in [-0.3, -0.25) is 14.5 Å². The number of rotatable bonds is 8. The van der Waals surface area contributed by atoms with Gasteiger partial charge in [-0.25, -0.2) is 0 Å². The molecule has 4 aromatic carbocycles. The van der Waals surface area contributed by atoms with Gasteiger partial charge in [0.1, 0.15) is 11.5 Å². The van der Waals surface area contributed by atoms with Gasteiger partial charge < -0.3 is 19.3 Å². The van der Waals surface area contributed by atoms with Crippen molar-refractivity contribution in [3.63, 3.8) is 0 Å². The lowest BCUT2D eigenvalue weighted by Gasteiger charge is -2.32. The number of carbonyl (C=O) groups excluding carboxylic acids is 2. The van der Waals surface area contributed by atoms with Crippen molar-refractivity contribution in [1.82, 2.24) is 9.80 Å². The van der Waals surface area contributed by atoms with E-state index in [1.165, 1.54) is 5.56 Å². The first-order chi connectivity index (χ1) is 22.0. The molecule has 7 heteroatoms. The number of nitrogens with zero attached hydrogens (tertiary/aromatic N) is 3. The molecule has 234 valence electrons. The van der Waals surface area contributed by atoms with Gasteiger partial charge in [0.15, 0.2) is 6.61 Å². The third kappa shape index (κ3) is 8.73. The van der Waals surface area contributed by atoms with E-state index in [0.717, 1.165) is 54.9 Å². The second kappa shape index (κ2) is 15.9. The van der Waals surface area contributed by atoms with E-state index in [0.29, 0.717) is 31.1 Å². The van der Waals surface area contributed by atoms with Crippen LogP contribution in [0.1, 0.15) is 35.1 Å². The number of aryl methyl sites for hydroxylation is 1. The lowest BCUT2D eigenvalue weighted by Crippen LogP contribution is -2.41. The number of ether oxygens (including phenoxy) is 2. The summed E-state index contributed by atoms with van der Waals surface area (Å²) in [4.78, 5) is 34.1. The fraction of sp³-hybridized carbons (Fsp3) is 0.316. The summed E-state index contributed by atoms with van der Waals surface area (Å²) in [5, 5.41) is 0. The van der Waals surface area contributed by atoms with Crippen LogP contribution in [0.5, 0.6) is 11.5 Å². The summed E-state index contributed by atoms with van der Waals surface area (Å²) < 4.78 is 11.5. The van der Waals surface area contributed by atoms with E-state index in [1.54, 1.807) is 7.11 Å². The molecule has 0 saturated heterocycles. The number of methoxy groups -OCH3 is 1. The predicted octanol–water partition coefficient (Wildman–Crippen LogP) is 6.28. The molecule has 1 aliphatic heterocycles. The Kier molecular flexibility index (Phi) is 11.2. The Morgan fingerprint density at radius 3 is 2.18 bits per heavy atom. The maximum atomic E-state index is 14.0. The van der Waals surface area contributed by atoms with Crippen molar-refractivity contribution in [3.8, 4) is 11.5 Å². The Bertz CT molecular complexity index is 1540. The minimum atomic E-state index is -0.104. The van der Waals surface area contributed by atoms with E-state index in [-0.39, 0.29) is 24.8 Å². The van der Waals surface area contributed by atoms with E-state index in [4.69, 9.17) is 9.47 Å². The van der Waals surface area contributed by atoms with Gasteiger partial charge in [0.25, 0.3) is 5.91 Å². The summed E-state index contributed by atoms with van der Waals surface area (Å²) in [6, 6.07) is 33.7. The summed E-state index contributed by atoms with van der Waals surface area (Å²) >= 11 is 0. The summed E-state index contributed by atoms with van der Waals surface area (Å²) in [7, 11) is 1.63. The van der Waals surface area contributed by atoms with Crippen molar-refractivity contribution in [1.29, 1.82) is 0 Å². The van der Waals surface area contributed by atoms with Crippen LogP contribution in [0, 0.1) is 6.92 Å². The molecule has 0 atom stereocenters. The van der Waals surface area contributed by atoms with Gasteiger partial charge in [0.2, 0.25) is 5.91 Å². The number of carbonyl (C=O) groups is 2. The van der Waals surface area contributed by atoms with Crippen molar-refractivity contribution in [2.75, 3.05) is 44.8 Å². The lowest BCUT2D eigenvalue weighted by atomic mass is 10.0. The maximum Gasteiger partial charge on any atom is 0.264 e. The molecule has 0 fully saturated rings. The normalized spacial score (nSPS) is 14.5. The standard InChI is InChI=1S/C38H43N3O4/c1-30-14-11-18-33-28-40(36(42)26-32-17-9-10-21-35(32)44-2)24-12-22-39(27-31-15-5-3-6-16-31)23-13-25-41(38(30)33)37(43)29-45-34-19-7-4-8-20-34/h3-11,14-21H,12-13,22-29H2,1-2H3. The summed E-state index contributed by atoms with van der Waals surface area (Å²) in [5.74, 6) is 1.30. The molecule has 5 rings (SSSR count). The van der Waals surface area contributed by atoms with Crippen LogP contribution >= 0.6 is 0 Å². The highest BCUT2D eigenvalue weighted by molar-refractivity contribution is 5.96. The van der Waals surface area contributed by atoms with Crippen LogP contribution in [0.15, 0.2) is 103 Å². The molecule has 4 aromatic rings. The van der Waals surface area contributed by atoms with E-state index >= 15 is 0 Å². The van der Waals surface area contributed by atoms with E-state index in [2.05, 4.69) is 29.2 Å². The highest BCUT2D eigenvalue weighted by Crippen LogP contribution is 2.29. The number of fused-ring (bicyclic) bond motifs is 1. The number of benzene rings is 4. The first-order valence-electron chi connectivity index (χ1n) is 15.7. The molecule has 1 heterocycles. The lowest BCUT2D eigenvalue weighted by molar-refractivity contribution is -0.131. The average molecular weight is 606 g/mol. The van der Waals surface area contributed by atoms with Crippen molar-refractivity contribution >= 4 is 17.5 Å². The smallest absolute Gasteiger partial charge is 0.264 e. The Labute approximate surface area is 267 Å². The van der Waals surface area contributed by atoms with Crippen LogP contribution in [-0.2, 0) is 29.1 Å². The second-order valence-corrected chi connectivity index (χ2v) is 11.5. The van der Waals surface area contributed by atoms with Crippen LogP contribution in [0.2, 0.25) is 0 Å². The fourth-order valence-electron chi connectivity index (χ4n) is 6.00. The van der Waals surface area contributed by atoms with E-state index in [9.17, 15) is 9.59 Å². The number of para-hydroxylation sites is 3. The molecule has 0 aromatic heterocycles. The molecule has 1 aliphatic rings. The Balaban J connectivity index is 1.45. The highest BCUT2D eigenvalue weighted by atomic mass is 16.5. The van der Waals surface area contributed by atoms with Crippen LogP contribution in [0.25, 0.3) is 0 Å². The predicted molar refractivity (Wildman–Crippen MR) is 179 cm³/mol. The molecule has 0 spiro atoms. The number of anilines is 1. The Morgan fingerprint density at radius 1 is 0.733 bits per heavy atom. The molecular weight excluding hydrogens is 562 g/mol. The Hall–Kier alpha value is -4.62. The number of amides is 2. The largest absolute Gasteiger partial charge is 0.496 e. The van der Waals surface area contributed by atoms with Gasteiger partial charge in [-0.1, -0.05) is 84.9 Å². The van der Waals surface area contributed by atoms with Gasteiger partial charge in [-0.2, -0.15) is 0 Å². The third-order valence-corrected chi connectivity index (χ3v) is 8.25. The molecule has 45 heavy (non-hydrogen) atoms. The van der Waals surface area contributed by atoms with Gasteiger partial charge in [0.05, 0.1) is 19.2 Å². The van der Waals surface area contributed by atoms with Crippen LogP contribution < -0.4 is 14.4 Å². The first kappa shape index (κ1) is 31.8. The molecule has 2 amide bonds. The van der Waals surface area contributed by atoms with Gasteiger partial charge in [0, 0.05) is 44.8 Å². The first-order valence-corrected chi connectivity index (χ1v) is 15.7. The summed E-state index contributed by atoms with van der Waals surface area (Å²) in [5.41, 5.74) is 4.93. The molecule has 0 radical (unpaired) electrons. The van der Waals surface area contributed by atoms with Crippen molar-refractivity contribution in [2.45, 2.75) is 39.3 Å². The van der Waals surface area contributed by atoms with E-state index < -0.39 is 0 Å². The zero-order valence-corrected chi connectivity index (χ0v) is 26.4. The average Bonchev–Trinajstić information content (AvgIpc) is 3.06. The minimum absolute atomic E-state index is 0.0314. The zero-order valence-electron chi connectivity index (χ0n) is 26.4. The SMILES string of the molecule is COc1ccccc1CC(=O)N1CCCN(Cc2ccccc2)CCCN(C(=O)COc2ccccc2)c2c(C)cccc2C1. The topological polar surface area (TPSA) is 62.3 Å². The Morgan fingerprint density at radius 2 is 1.42 bits per heavy atom. The zero-order chi connectivity index (χ0) is 31.4. The summed E-state index contributed by atoms with van der Waals surface area (Å²) in [6.45, 7) is 6.03. The highest BCUT2D eigenvalue weighted by Gasteiger charge is 2.25. The molecule has 0 unspecified atom stereocenters. The monoisotopic (exact) mass is 605 g/mol. The maximum absolute atomic E-state index is 14.0. The molecule has 7 nitrogen and oxygen atoms in total. The van der Waals surface area contributed by atoms with E-state index in [1.807, 2.05) is 95.6 Å². The van der Waals surface area contributed by atoms with Crippen molar-refractivity contribution in [2.24, 2.45) is 0 Å². The minimum Gasteiger partial charge on any atom is -0.496 e. The van der Waals surface area contributed by atoms with Gasteiger partial charge >= 0.3 is 0 Å².